The van der Waals surface area contributed by atoms with E-state index in [0.717, 1.165) is 0 Å². The van der Waals surface area contributed by atoms with Gasteiger partial charge >= 0.3 is 5.97 Å². The summed E-state index contributed by atoms with van der Waals surface area (Å²) in [5, 5.41) is 0.602. The van der Waals surface area contributed by atoms with E-state index in [1.165, 1.54) is 0 Å². The van der Waals surface area contributed by atoms with Crippen LogP contribution in [0.4, 0.5) is 0 Å². The summed E-state index contributed by atoms with van der Waals surface area (Å²) in [6.45, 7) is 3.83. The molecule has 0 saturated heterocycles. The first-order valence-electron chi connectivity index (χ1n) is 4.42. The maximum atomic E-state index is 11.2. The quantitative estimate of drug-likeness (QED) is 0.565. The summed E-state index contributed by atoms with van der Waals surface area (Å²) in [5.74, 6) is -0.257. The summed E-state index contributed by atoms with van der Waals surface area (Å²) in [7, 11) is 0. The van der Waals surface area contributed by atoms with Gasteiger partial charge in [0.1, 0.15) is 5.02 Å². The number of nitrogens with zero attached hydrogens (tertiary/aromatic N) is 1. The normalized spacial score (nSPS) is 10.3. The van der Waals surface area contributed by atoms with Gasteiger partial charge < -0.3 is 4.74 Å². The zero-order chi connectivity index (χ0) is 10.6. The molecule has 0 fully saturated rings. The molecule has 0 aliphatic heterocycles. The van der Waals surface area contributed by atoms with Gasteiger partial charge in [-0.3, -0.25) is 0 Å². The number of pyridine rings is 1. The molecule has 1 aromatic rings. The Hall–Kier alpha value is -1.09. The third-order valence-electron chi connectivity index (χ3n) is 1.50. The fourth-order valence-electron chi connectivity index (χ4n) is 1.04. The Bertz CT molecular complexity index is 326. The van der Waals surface area contributed by atoms with Crippen molar-refractivity contribution in [2.75, 3.05) is 0 Å². The molecule has 0 radical (unpaired) electrons. The lowest BCUT2D eigenvalue weighted by atomic mass is 10.4. The minimum atomic E-state index is -0.257. The van der Waals surface area contributed by atoms with Crippen molar-refractivity contribution in [2.45, 2.75) is 26.5 Å². The van der Waals surface area contributed by atoms with Crippen molar-refractivity contribution in [3.63, 3.8) is 0 Å². The van der Waals surface area contributed by atoms with Gasteiger partial charge in [-0.05, 0) is 19.9 Å². The van der Waals surface area contributed by atoms with Gasteiger partial charge in [0.25, 0.3) is 0 Å². The third kappa shape index (κ3) is 3.75. The highest BCUT2D eigenvalue weighted by Crippen LogP contribution is 2.01. The summed E-state index contributed by atoms with van der Waals surface area (Å²) >= 11 is 5.76. The van der Waals surface area contributed by atoms with Crippen LogP contribution in [-0.2, 0) is 16.1 Å². The van der Waals surface area contributed by atoms with Gasteiger partial charge in [-0.25, -0.2) is 4.79 Å². The van der Waals surface area contributed by atoms with Crippen molar-refractivity contribution in [1.82, 2.24) is 0 Å². The SMILES string of the molecule is CC(C)OC(=O)C[n+]1cccc(Cl)c1. The number of halogens is 1. The summed E-state index contributed by atoms with van der Waals surface area (Å²) in [4.78, 5) is 11.2. The minimum Gasteiger partial charge on any atom is -0.458 e. The van der Waals surface area contributed by atoms with Crippen molar-refractivity contribution in [1.29, 1.82) is 0 Å². The van der Waals surface area contributed by atoms with Gasteiger partial charge in [0.05, 0.1) is 6.10 Å². The molecule has 4 heteroatoms. The Labute approximate surface area is 88.3 Å². The molecule has 0 unspecified atom stereocenters. The van der Waals surface area contributed by atoms with Crippen LogP contribution < -0.4 is 4.57 Å². The number of carbonyl (C=O) groups is 1. The first-order valence-corrected chi connectivity index (χ1v) is 4.80. The molecule has 1 aromatic heterocycles. The molecule has 0 aliphatic carbocycles. The fourth-order valence-corrected chi connectivity index (χ4v) is 1.24. The minimum absolute atomic E-state index is 0.0812. The number of ether oxygens (including phenoxy) is 1. The van der Waals surface area contributed by atoms with E-state index >= 15 is 0 Å². The monoisotopic (exact) mass is 214 g/mol. The van der Waals surface area contributed by atoms with E-state index in [9.17, 15) is 4.79 Å². The number of hydrogen-bond acceptors (Lipinski definition) is 2. The smallest absolute Gasteiger partial charge is 0.372 e. The number of hydrogen-bond donors (Lipinski definition) is 0. The Kier molecular flexibility index (Phi) is 3.89. The number of rotatable bonds is 3. The van der Waals surface area contributed by atoms with E-state index in [2.05, 4.69) is 0 Å². The number of carbonyl (C=O) groups excluding carboxylic acids is 1. The Morgan fingerprint density at radius 3 is 2.93 bits per heavy atom. The molecule has 0 amide bonds. The van der Waals surface area contributed by atoms with Crippen molar-refractivity contribution in [3.05, 3.63) is 29.5 Å². The van der Waals surface area contributed by atoms with Gasteiger partial charge in [0, 0.05) is 6.07 Å². The van der Waals surface area contributed by atoms with Gasteiger partial charge in [0.15, 0.2) is 12.4 Å². The highest BCUT2D eigenvalue weighted by Gasteiger charge is 2.11. The van der Waals surface area contributed by atoms with Crippen LogP contribution in [0.1, 0.15) is 13.8 Å². The van der Waals surface area contributed by atoms with Gasteiger partial charge in [-0.15, -0.1) is 0 Å². The van der Waals surface area contributed by atoms with E-state index in [0.29, 0.717) is 5.02 Å². The van der Waals surface area contributed by atoms with Crippen LogP contribution in [0.3, 0.4) is 0 Å². The van der Waals surface area contributed by atoms with E-state index in [4.69, 9.17) is 16.3 Å². The van der Waals surface area contributed by atoms with Gasteiger partial charge in [0.2, 0.25) is 6.54 Å². The van der Waals surface area contributed by atoms with Crippen molar-refractivity contribution in [3.8, 4) is 0 Å². The maximum Gasteiger partial charge on any atom is 0.372 e. The van der Waals surface area contributed by atoms with E-state index in [1.807, 2.05) is 13.8 Å². The zero-order valence-electron chi connectivity index (χ0n) is 8.24. The van der Waals surface area contributed by atoms with Crippen LogP contribution in [0.2, 0.25) is 5.02 Å². The molecule has 0 aliphatic rings. The molecular weight excluding hydrogens is 202 g/mol. The van der Waals surface area contributed by atoms with Crippen molar-refractivity contribution in [2.24, 2.45) is 0 Å². The van der Waals surface area contributed by atoms with Crippen molar-refractivity contribution < 1.29 is 14.1 Å². The molecule has 0 aromatic carbocycles. The summed E-state index contributed by atoms with van der Waals surface area (Å²) < 4.78 is 6.68. The molecular formula is C10H13ClNO2+. The topological polar surface area (TPSA) is 30.2 Å². The predicted octanol–water partition coefficient (Wildman–Crippen LogP) is 1.58. The largest absolute Gasteiger partial charge is 0.458 e. The predicted molar refractivity (Wildman–Crippen MR) is 52.9 cm³/mol. The van der Waals surface area contributed by atoms with Crippen LogP contribution in [0, 0.1) is 0 Å². The molecule has 1 rings (SSSR count). The first kappa shape index (κ1) is 11.0. The highest BCUT2D eigenvalue weighted by atomic mass is 35.5. The van der Waals surface area contributed by atoms with E-state index < -0.39 is 0 Å². The molecule has 76 valence electrons. The molecule has 0 N–H and O–H groups in total. The molecule has 1 heterocycles. The average molecular weight is 215 g/mol. The van der Waals surface area contributed by atoms with Crippen LogP contribution in [-0.4, -0.2) is 12.1 Å². The molecule has 0 bridgehead atoms. The molecule has 0 saturated carbocycles. The summed E-state index contributed by atoms with van der Waals surface area (Å²) in [6, 6.07) is 3.54. The number of esters is 1. The lowest BCUT2D eigenvalue weighted by Gasteiger charge is -2.04. The van der Waals surface area contributed by atoms with Crippen LogP contribution in [0.25, 0.3) is 0 Å². The lowest BCUT2D eigenvalue weighted by Crippen LogP contribution is -2.38. The number of aromatic nitrogens is 1. The average Bonchev–Trinajstić information content (AvgIpc) is 2.01. The third-order valence-corrected chi connectivity index (χ3v) is 1.72. The standard InChI is InChI=1S/C10H13ClNO2/c1-8(2)14-10(13)7-12-5-3-4-9(11)6-12/h3-6,8H,7H2,1-2H3/q+1. The first-order chi connectivity index (χ1) is 6.58. The zero-order valence-corrected chi connectivity index (χ0v) is 8.99. The Balaban J connectivity index is 2.56. The second-order valence-corrected chi connectivity index (χ2v) is 3.67. The molecule has 0 spiro atoms. The maximum absolute atomic E-state index is 11.2. The molecule has 0 atom stereocenters. The van der Waals surface area contributed by atoms with Crippen molar-refractivity contribution >= 4 is 17.6 Å². The van der Waals surface area contributed by atoms with Crippen LogP contribution >= 0.6 is 11.6 Å². The van der Waals surface area contributed by atoms with Gasteiger partial charge in [-0.1, -0.05) is 11.6 Å². The lowest BCUT2D eigenvalue weighted by molar-refractivity contribution is -0.686. The second-order valence-electron chi connectivity index (χ2n) is 3.23. The summed E-state index contributed by atoms with van der Waals surface area (Å²) in [6.07, 6.45) is 3.37. The Morgan fingerprint density at radius 2 is 2.36 bits per heavy atom. The van der Waals surface area contributed by atoms with Crippen LogP contribution in [0.5, 0.6) is 0 Å². The molecule has 14 heavy (non-hydrogen) atoms. The fraction of sp³-hybridized carbons (Fsp3) is 0.400. The van der Waals surface area contributed by atoms with E-state index in [1.54, 1.807) is 29.1 Å². The Morgan fingerprint density at radius 1 is 1.64 bits per heavy atom. The molecule has 3 nitrogen and oxygen atoms in total. The van der Waals surface area contributed by atoms with E-state index in [-0.39, 0.29) is 18.6 Å². The second kappa shape index (κ2) is 4.96. The van der Waals surface area contributed by atoms with Crippen LogP contribution in [0.15, 0.2) is 24.5 Å². The summed E-state index contributed by atoms with van der Waals surface area (Å²) in [5.41, 5.74) is 0. The highest BCUT2D eigenvalue weighted by molar-refractivity contribution is 6.30. The van der Waals surface area contributed by atoms with Gasteiger partial charge in [-0.2, -0.15) is 4.57 Å².